The van der Waals surface area contributed by atoms with Gasteiger partial charge in [0.25, 0.3) is 6.43 Å². The fraction of sp³-hybridized carbons (Fsp3) is 0.500. The maximum atomic E-state index is 15.0. The Bertz CT molecular complexity index is 2120. The molecule has 2 N–H and O–H groups in total. The molecule has 2 aromatic heterocycles. The number of carbonyl (C=O) groups excluding carboxylic acids is 2. The summed E-state index contributed by atoms with van der Waals surface area (Å²) in [4.78, 5) is 34.3. The minimum Gasteiger partial charge on any atom is -0.373 e. The van der Waals surface area contributed by atoms with Gasteiger partial charge in [-0.15, -0.1) is 5.10 Å². The molecule has 290 valence electrons. The van der Waals surface area contributed by atoms with Crippen LogP contribution in [-0.2, 0) is 19.7 Å². The topological polar surface area (TPSA) is 113 Å². The molecule has 8 rings (SSSR count). The molecule has 13 heteroatoms. The number of anilines is 2. The number of aryl methyl sites for hydroxylation is 2. The number of halogens is 3. The van der Waals surface area contributed by atoms with Crippen molar-refractivity contribution in [3.8, 4) is 0 Å². The van der Waals surface area contributed by atoms with E-state index in [-0.39, 0.29) is 23.5 Å². The van der Waals surface area contributed by atoms with E-state index in [2.05, 4.69) is 55.8 Å². The van der Waals surface area contributed by atoms with Gasteiger partial charge < -0.3 is 15.0 Å². The van der Waals surface area contributed by atoms with Crippen molar-refractivity contribution in [2.75, 3.05) is 36.5 Å². The van der Waals surface area contributed by atoms with Gasteiger partial charge in [-0.3, -0.25) is 19.8 Å². The Labute approximate surface area is 319 Å². The minimum atomic E-state index is -2.91. The van der Waals surface area contributed by atoms with Gasteiger partial charge >= 0.3 is 0 Å². The normalized spacial score (nSPS) is 26.4. The lowest BCUT2D eigenvalue weighted by Gasteiger charge is -2.43. The van der Waals surface area contributed by atoms with E-state index in [9.17, 15) is 18.4 Å². The molecule has 0 aliphatic carbocycles. The quantitative estimate of drug-likeness (QED) is 0.171. The van der Waals surface area contributed by atoms with E-state index in [1.807, 2.05) is 19.9 Å². The summed E-state index contributed by atoms with van der Waals surface area (Å²) in [6.07, 6.45) is 4.24. The number of benzene rings is 2. The molecule has 2 amide bonds. The molecule has 5 atom stereocenters. The highest BCUT2D eigenvalue weighted by atomic mass is 19.3. The van der Waals surface area contributed by atoms with E-state index in [0.717, 1.165) is 60.4 Å². The largest absolute Gasteiger partial charge is 0.373 e. The zero-order valence-electron chi connectivity index (χ0n) is 31.7. The second kappa shape index (κ2) is 14.8. The van der Waals surface area contributed by atoms with Crippen molar-refractivity contribution < 1.29 is 27.5 Å². The predicted octanol–water partition coefficient (Wildman–Crippen LogP) is 7.20. The molecule has 2 aromatic carbocycles. The van der Waals surface area contributed by atoms with Crippen LogP contribution in [0.25, 0.3) is 10.8 Å². The van der Waals surface area contributed by atoms with Gasteiger partial charge in [-0.1, -0.05) is 36.4 Å². The Balaban J connectivity index is 0.945. The number of carbonyl (C=O) groups is 2. The highest BCUT2D eigenvalue weighted by Crippen LogP contribution is 2.45. The second-order valence-corrected chi connectivity index (χ2v) is 16.1. The van der Waals surface area contributed by atoms with Gasteiger partial charge in [0.2, 0.25) is 11.8 Å². The number of piperidine rings is 2. The number of morpholine rings is 1. The van der Waals surface area contributed by atoms with Crippen LogP contribution in [-0.4, -0.2) is 76.3 Å². The summed E-state index contributed by atoms with van der Waals surface area (Å²) in [7, 11) is 0. The van der Waals surface area contributed by atoms with E-state index >= 15 is 4.39 Å². The molecule has 4 aliphatic rings. The highest BCUT2D eigenvalue weighted by molar-refractivity contribution is 6.03. The lowest BCUT2D eigenvalue weighted by molar-refractivity contribution is -0.137. The number of nitrogens with zero attached hydrogens (tertiary/aromatic N) is 5. The fourth-order valence-electron chi connectivity index (χ4n) is 9.45. The predicted molar refractivity (Wildman–Crippen MR) is 204 cm³/mol. The SMILES string of the molecule is Cc1cc(C2(C)CCC(=O)NC2=O)ccc1C1CC2CCC(C1)N2C[C@@H]1CN(c2cc3c(N[C@H](C)c4cccc(C(F)F)c4F)nnc(C)c3cn2)CCO1. The standard InChI is InChI=1S/C42H48F3N7O3/c1-23-16-27(42(4)13-12-37(53)48-41(42)54)8-11-31(23)26-17-28-9-10-29(18-26)52(28)22-30-21-51(14-15-55-30)36-19-34-35(20-46-36)25(3)49-50-40(34)47-24(2)32-6-5-7-33(38(32)43)39(44)45/h5-8,11,16,19-20,24,26,28-30,39H,9-10,12-15,17-18,21-22H2,1-4H3,(H,47,50)(H,48,53,54)/t24-,26?,28?,29?,30+,42?/m1/s1. The Morgan fingerprint density at radius 3 is 2.53 bits per heavy atom. The van der Waals surface area contributed by atoms with Crippen LogP contribution in [0.1, 0.15) is 104 Å². The molecule has 4 fully saturated rings. The van der Waals surface area contributed by atoms with Crippen LogP contribution in [0.2, 0.25) is 0 Å². The van der Waals surface area contributed by atoms with Gasteiger partial charge in [0, 0.05) is 60.7 Å². The molecule has 0 saturated carbocycles. The zero-order chi connectivity index (χ0) is 38.6. The second-order valence-electron chi connectivity index (χ2n) is 16.1. The Kier molecular flexibility index (Phi) is 10.0. The fourth-order valence-corrected chi connectivity index (χ4v) is 9.45. The molecule has 4 aromatic rings. The summed E-state index contributed by atoms with van der Waals surface area (Å²) in [5, 5.41) is 16.0. The number of amides is 2. The number of alkyl halides is 2. The number of imide groups is 1. The maximum Gasteiger partial charge on any atom is 0.266 e. The molecule has 4 aliphatic heterocycles. The number of hydrogen-bond donors (Lipinski definition) is 2. The average Bonchev–Trinajstić information content (AvgIpc) is 3.38. The third-order valence-electron chi connectivity index (χ3n) is 12.7. The first kappa shape index (κ1) is 37.3. The van der Waals surface area contributed by atoms with E-state index < -0.39 is 29.3 Å². The van der Waals surface area contributed by atoms with Crippen LogP contribution in [0, 0.1) is 19.7 Å². The first-order chi connectivity index (χ1) is 26.4. The number of hydrogen-bond acceptors (Lipinski definition) is 9. The highest BCUT2D eigenvalue weighted by Gasteiger charge is 2.44. The van der Waals surface area contributed by atoms with Crippen molar-refractivity contribution in [3.63, 3.8) is 0 Å². The number of ether oxygens (including phenoxy) is 1. The summed E-state index contributed by atoms with van der Waals surface area (Å²) in [6.45, 7) is 10.4. The molecule has 6 heterocycles. The lowest BCUT2D eigenvalue weighted by Crippen LogP contribution is -2.52. The van der Waals surface area contributed by atoms with Gasteiger partial charge in [-0.25, -0.2) is 18.2 Å². The van der Waals surface area contributed by atoms with Crippen molar-refractivity contribution in [2.24, 2.45) is 0 Å². The summed E-state index contributed by atoms with van der Waals surface area (Å²) in [6, 6.07) is 12.8. The minimum absolute atomic E-state index is 0.00110. The first-order valence-corrected chi connectivity index (χ1v) is 19.4. The van der Waals surface area contributed by atoms with Gasteiger partial charge in [0.05, 0.1) is 35.4 Å². The van der Waals surface area contributed by atoms with Crippen molar-refractivity contribution in [2.45, 2.75) is 108 Å². The number of aromatic nitrogens is 3. The molecule has 2 bridgehead atoms. The Morgan fingerprint density at radius 1 is 1.04 bits per heavy atom. The molecular formula is C42H48F3N7O3. The monoisotopic (exact) mass is 755 g/mol. The number of pyridine rings is 1. The Morgan fingerprint density at radius 2 is 1.80 bits per heavy atom. The molecule has 10 nitrogen and oxygen atoms in total. The molecule has 3 unspecified atom stereocenters. The Hall–Kier alpha value is -4.62. The van der Waals surface area contributed by atoms with E-state index in [0.29, 0.717) is 62.1 Å². The van der Waals surface area contributed by atoms with Crippen molar-refractivity contribution >= 4 is 34.2 Å². The van der Waals surface area contributed by atoms with Gasteiger partial charge in [-0.05, 0) is 88.5 Å². The summed E-state index contributed by atoms with van der Waals surface area (Å²) in [5.41, 5.74) is 3.04. The summed E-state index contributed by atoms with van der Waals surface area (Å²) >= 11 is 0. The molecular weight excluding hydrogens is 708 g/mol. The average molecular weight is 756 g/mol. The van der Waals surface area contributed by atoms with Crippen molar-refractivity contribution in [1.82, 2.24) is 25.4 Å². The summed E-state index contributed by atoms with van der Waals surface area (Å²) < 4.78 is 48.3. The van der Waals surface area contributed by atoms with Crippen molar-refractivity contribution in [3.05, 3.63) is 88.0 Å². The maximum absolute atomic E-state index is 15.0. The molecule has 55 heavy (non-hydrogen) atoms. The van der Waals surface area contributed by atoms with Crippen LogP contribution in [0.5, 0.6) is 0 Å². The third-order valence-corrected chi connectivity index (χ3v) is 12.7. The molecule has 4 saturated heterocycles. The molecule has 0 spiro atoms. The number of nitrogens with one attached hydrogen (secondary N) is 2. The van der Waals surface area contributed by atoms with Crippen LogP contribution >= 0.6 is 0 Å². The first-order valence-electron chi connectivity index (χ1n) is 19.4. The van der Waals surface area contributed by atoms with Crippen LogP contribution < -0.4 is 15.5 Å². The van der Waals surface area contributed by atoms with Gasteiger partial charge in [-0.2, -0.15) is 5.10 Å². The van der Waals surface area contributed by atoms with E-state index in [1.165, 1.54) is 23.3 Å². The van der Waals surface area contributed by atoms with Crippen LogP contribution in [0.3, 0.4) is 0 Å². The third kappa shape index (κ3) is 7.05. The van der Waals surface area contributed by atoms with Crippen LogP contribution in [0.4, 0.5) is 24.8 Å². The summed E-state index contributed by atoms with van der Waals surface area (Å²) in [5.74, 6) is 0.317. The van der Waals surface area contributed by atoms with Crippen LogP contribution in [0.15, 0.2) is 48.7 Å². The van der Waals surface area contributed by atoms with Crippen molar-refractivity contribution in [1.29, 1.82) is 0 Å². The van der Waals surface area contributed by atoms with Gasteiger partial charge in [0.1, 0.15) is 11.6 Å². The van der Waals surface area contributed by atoms with Gasteiger partial charge in [0.15, 0.2) is 5.82 Å². The smallest absolute Gasteiger partial charge is 0.266 e. The van der Waals surface area contributed by atoms with E-state index in [4.69, 9.17) is 9.72 Å². The van der Waals surface area contributed by atoms with E-state index in [1.54, 1.807) is 13.1 Å². The molecule has 0 radical (unpaired) electrons. The number of fused-ring (bicyclic) bond motifs is 3. The zero-order valence-corrected chi connectivity index (χ0v) is 31.7. The number of rotatable bonds is 9. The lowest BCUT2D eigenvalue weighted by atomic mass is 9.74.